The van der Waals surface area contributed by atoms with Crippen molar-refractivity contribution in [2.75, 3.05) is 0 Å². The Morgan fingerprint density at radius 3 is 2.06 bits per heavy atom. The van der Waals surface area contributed by atoms with Crippen LogP contribution in [0.2, 0.25) is 0 Å². The molecule has 4 aromatic carbocycles. The summed E-state index contributed by atoms with van der Waals surface area (Å²) in [6.07, 6.45) is 8.10. The van der Waals surface area contributed by atoms with Gasteiger partial charge in [0.05, 0.1) is 6.20 Å². The molecule has 0 saturated carbocycles. The maximum atomic E-state index is 6.68. The Bertz CT molecular complexity index is 2390. The summed E-state index contributed by atoms with van der Waals surface area (Å²) in [5.74, 6) is 3.20. The maximum absolute atomic E-state index is 6.68. The van der Waals surface area contributed by atoms with Crippen LogP contribution in [0.15, 0.2) is 97.5 Å². The molecule has 0 saturated heterocycles. The molecular formula is C48H52N4OPt. The van der Waals surface area contributed by atoms with Crippen LogP contribution in [0.1, 0.15) is 91.5 Å². The third kappa shape index (κ3) is 8.13. The van der Waals surface area contributed by atoms with Gasteiger partial charge in [-0.25, -0.2) is 4.98 Å². The molecule has 0 aliphatic carbocycles. The molecule has 280 valence electrons. The van der Waals surface area contributed by atoms with Crippen molar-refractivity contribution in [3.63, 3.8) is 0 Å². The fourth-order valence-corrected chi connectivity index (χ4v) is 7.26. The van der Waals surface area contributed by atoms with Crippen molar-refractivity contribution in [1.29, 1.82) is 0 Å². The summed E-state index contributed by atoms with van der Waals surface area (Å²) in [6.45, 7) is 22.5. The molecular weight excluding hydrogens is 844 g/mol. The third-order valence-electron chi connectivity index (χ3n) is 9.92. The van der Waals surface area contributed by atoms with Gasteiger partial charge in [0.25, 0.3) is 0 Å². The number of pyridine rings is 1. The summed E-state index contributed by atoms with van der Waals surface area (Å²) in [5, 5.41) is 7.17. The number of ether oxygens (including phenoxy) is 1. The van der Waals surface area contributed by atoms with E-state index < -0.39 is 0 Å². The molecule has 0 unspecified atom stereocenters. The second kappa shape index (κ2) is 15.3. The van der Waals surface area contributed by atoms with Gasteiger partial charge in [-0.1, -0.05) is 111 Å². The Kier molecular flexibility index (Phi) is 11.1. The first kappa shape index (κ1) is 39.2. The molecule has 0 amide bonds. The Hall–Kier alpha value is -4.47. The molecule has 7 rings (SSSR count). The molecule has 0 fully saturated rings. The van der Waals surface area contributed by atoms with Crippen molar-refractivity contribution < 1.29 is 25.8 Å². The monoisotopic (exact) mass is 895 g/mol. The zero-order chi connectivity index (χ0) is 37.7. The number of hydrogen-bond acceptors (Lipinski definition) is 3. The minimum absolute atomic E-state index is 0. The molecule has 0 spiro atoms. The third-order valence-corrected chi connectivity index (χ3v) is 9.92. The van der Waals surface area contributed by atoms with E-state index in [0.717, 1.165) is 57.3 Å². The van der Waals surface area contributed by atoms with Crippen LogP contribution in [0.5, 0.6) is 11.5 Å². The summed E-state index contributed by atoms with van der Waals surface area (Å²) in [5.41, 5.74) is 10.2. The van der Waals surface area contributed by atoms with E-state index in [4.69, 9.17) is 14.8 Å². The molecule has 0 atom stereocenters. The molecule has 6 heteroatoms. The molecule has 0 aliphatic heterocycles. The molecule has 3 aromatic heterocycles. The Morgan fingerprint density at radius 1 is 0.704 bits per heavy atom. The van der Waals surface area contributed by atoms with E-state index in [1.165, 1.54) is 22.3 Å². The van der Waals surface area contributed by atoms with Crippen LogP contribution in [-0.4, -0.2) is 19.3 Å². The smallest absolute Gasteiger partial charge is 0.509 e. The first-order chi connectivity index (χ1) is 25.2. The average Bonchev–Trinajstić information content (AvgIpc) is 3.70. The van der Waals surface area contributed by atoms with E-state index in [2.05, 4.69) is 165 Å². The number of rotatable bonds is 9. The fraction of sp³-hybridized carbons (Fsp3) is 0.333. The summed E-state index contributed by atoms with van der Waals surface area (Å²) in [4.78, 5) is 4.84. The van der Waals surface area contributed by atoms with Crippen LogP contribution in [0.4, 0.5) is 0 Å². The summed E-state index contributed by atoms with van der Waals surface area (Å²) in [7, 11) is 0. The fourth-order valence-electron chi connectivity index (χ4n) is 7.26. The zero-order valence-corrected chi connectivity index (χ0v) is 35.6. The number of aromatic nitrogens is 4. The normalized spacial score (nSPS) is 12.2. The first-order valence-corrected chi connectivity index (χ1v) is 19.0. The Labute approximate surface area is 336 Å². The van der Waals surface area contributed by atoms with Crippen molar-refractivity contribution in [3.05, 3.63) is 132 Å². The van der Waals surface area contributed by atoms with Gasteiger partial charge in [-0.3, -0.25) is 4.68 Å². The van der Waals surface area contributed by atoms with E-state index in [1.807, 2.05) is 23.1 Å². The van der Waals surface area contributed by atoms with Gasteiger partial charge in [-0.15, -0.1) is 41.3 Å². The van der Waals surface area contributed by atoms with E-state index in [-0.39, 0.29) is 31.9 Å². The van der Waals surface area contributed by atoms with E-state index in [9.17, 15) is 0 Å². The minimum atomic E-state index is -0.129. The predicted octanol–water partition coefficient (Wildman–Crippen LogP) is 12.4. The van der Waals surface area contributed by atoms with Gasteiger partial charge in [-0.2, -0.15) is 11.2 Å². The summed E-state index contributed by atoms with van der Waals surface area (Å²) in [6, 6.07) is 35.1. The topological polar surface area (TPSA) is 44.9 Å². The van der Waals surface area contributed by atoms with Gasteiger partial charge in [0.2, 0.25) is 0 Å². The van der Waals surface area contributed by atoms with Crippen molar-refractivity contribution in [1.82, 2.24) is 19.3 Å². The number of hydrogen-bond donors (Lipinski definition) is 0. The van der Waals surface area contributed by atoms with Crippen LogP contribution in [0, 0.1) is 24.0 Å². The number of para-hydroxylation sites is 1. The predicted molar refractivity (Wildman–Crippen MR) is 220 cm³/mol. The molecule has 7 aromatic rings. The minimum Gasteiger partial charge on any atom is -0.509 e. The zero-order valence-electron chi connectivity index (χ0n) is 33.3. The molecule has 0 N–H and O–H groups in total. The maximum Gasteiger partial charge on any atom is 2.00 e. The molecule has 3 heterocycles. The van der Waals surface area contributed by atoms with Gasteiger partial charge in [0.1, 0.15) is 5.82 Å². The average molecular weight is 896 g/mol. The van der Waals surface area contributed by atoms with Gasteiger partial charge >= 0.3 is 21.1 Å². The van der Waals surface area contributed by atoms with Crippen LogP contribution in [0.3, 0.4) is 0 Å². The van der Waals surface area contributed by atoms with Crippen molar-refractivity contribution in [2.24, 2.45) is 11.8 Å². The van der Waals surface area contributed by atoms with Crippen LogP contribution in [-0.2, 0) is 44.7 Å². The standard InChI is InChI=1S/C48H52N4O.Pt/c1-31(2)22-33-14-13-15-34(23-32(3)4)46(33)35-29-50-51(30-35)38-24-37(48(8,9)10)25-40(27-38)53-39-18-19-42-41-16-11-12-17-43(41)52(44(42)28-39)45-26-36(20-21-49-45)47(5,6)7;/h11-21,24-26,29-32H,22-23H2,1-10H3;/q-2;+2. The molecule has 0 aliphatic rings. The molecule has 54 heavy (non-hydrogen) atoms. The quantitative estimate of drug-likeness (QED) is 0.136. The van der Waals surface area contributed by atoms with Gasteiger partial charge in [0, 0.05) is 35.0 Å². The second-order valence-electron chi connectivity index (χ2n) is 17.4. The second-order valence-corrected chi connectivity index (χ2v) is 17.4. The van der Waals surface area contributed by atoms with E-state index in [0.29, 0.717) is 23.3 Å². The molecule has 0 radical (unpaired) electrons. The Morgan fingerprint density at radius 2 is 1.39 bits per heavy atom. The van der Waals surface area contributed by atoms with Crippen LogP contribution >= 0.6 is 0 Å². The SMILES string of the molecule is CC(C)Cc1cccc(CC(C)C)c1-c1cnn(-c2[c-]c(Oc3[c-]c4c(cc3)c3ccccc3n4-c3cc(C(C)(C)C)ccn3)cc(C(C)(C)C)c2)c1.[Pt+2]. The van der Waals surface area contributed by atoms with Gasteiger partial charge in [0.15, 0.2) is 0 Å². The molecule has 5 nitrogen and oxygen atoms in total. The van der Waals surface area contributed by atoms with Crippen molar-refractivity contribution >= 4 is 21.8 Å². The van der Waals surface area contributed by atoms with Crippen LogP contribution in [0.25, 0.3) is 44.4 Å². The van der Waals surface area contributed by atoms with Gasteiger partial charge < -0.3 is 9.30 Å². The summed E-state index contributed by atoms with van der Waals surface area (Å²) < 4.78 is 10.8. The van der Waals surface area contributed by atoms with E-state index >= 15 is 0 Å². The van der Waals surface area contributed by atoms with Crippen molar-refractivity contribution in [2.45, 2.75) is 92.9 Å². The largest absolute Gasteiger partial charge is 2.00 e. The van der Waals surface area contributed by atoms with Crippen molar-refractivity contribution in [3.8, 4) is 34.1 Å². The number of fused-ring (bicyclic) bond motifs is 3. The number of benzene rings is 4. The number of nitrogens with zero attached hydrogens (tertiary/aromatic N) is 4. The Balaban J connectivity index is 0.00000497. The first-order valence-electron chi connectivity index (χ1n) is 19.0. The van der Waals surface area contributed by atoms with Gasteiger partial charge in [-0.05, 0) is 87.0 Å². The molecule has 0 bridgehead atoms. The van der Waals surface area contributed by atoms with E-state index in [1.54, 1.807) is 0 Å². The summed E-state index contributed by atoms with van der Waals surface area (Å²) >= 11 is 0. The van der Waals surface area contributed by atoms with Crippen LogP contribution < -0.4 is 4.74 Å².